The molecule has 154 valence electrons. The van der Waals surface area contributed by atoms with E-state index < -0.39 is 0 Å². The third kappa shape index (κ3) is 11.6. The second-order valence-corrected chi connectivity index (χ2v) is 7.43. The molecule has 0 unspecified atom stereocenters. The van der Waals surface area contributed by atoms with Gasteiger partial charge in [-0.1, -0.05) is 56.9 Å². The predicted octanol–water partition coefficient (Wildman–Crippen LogP) is 4.04. The lowest BCUT2D eigenvalue weighted by Crippen LogP contribution is -2.57. The Morgan fingerprint density at radius 3 is 2.44 bits per heavy atom. The van der Waals surface area contributed by atoms with E-state index in [9.17, 15) is 9.59 Å². The van der Waals surface area contributed by atoms with Gasteiger partial charge < -0.3 is 15.4 Å². The van der Waals surface area contributed by atoms with E-state index in [-0.39, 0.29) is 24.0 Å². The number of amides is 1. The number of hydrogen-bond donors (Lipinski definition) is 2. The molecule has 1 fully saturated rings. The number of carbonyl (C=O) groups excluding carboxylic acids is 2. The zero-order chi connectivity index (χ0) is 19.9. The number of allylic oxidation sites excluding steroid dienone is 4. The highest BCUT2D eigenvalue weighted by atomic mass is 16.5. The van der Waals surface area contributed by atoms with Gasteiger partial charge in [0.25, 0.3) is 0 Å². The zero-order valence-electron chi connectivity index (χ0n) is 17.3. The molecule has 1 heterocycles. The predicted molar refractivity (Wildman–Crippen MR) is 110 cm³/mol. The topological polar surface area (TPSA) is 67.4 Å². The number of unbranched alkanes of at least 4 members (excludes halogenated alkanes) is 5. The second-order valence-electron chi connectivity index (χ2n) is 7.43. The molecule has 0 bridgehead atoms. The molecule has 0 aliphatic carbocycles. The molecular weight excluding hydrogens is 340 g/mol. The molecule has 1 amide bonds. The van der Waals surface area contributed by atoms with E-state index >= 15 is 0 Å². The Bertz CT molecular complexity index is 488. The van der Waals surface area contributed by atoms with Crippen molar-refractivity contribution in [2.24, 2.45) is 0 Å². The quantitative estimate of drug-likeness (QED) is 0.306. The highest BCUT2D eigenvalue weighted by molar-refractivity contribution is 5.73. The van der Waals surface area contributed by atoms with Crippen molar-refractivity contribution in [3.63, 3.8) is 0 Å². The maximum Gasteiger partial charge on any atom is 0.302 e. The molecule has 1 aliphatic rings. The minimum atomic E-state index is -0.296. The molecule has 2 N–H and O–H groups in total. The van der Waals surface area contributed by atoms with Gasteiger partial charge in [-0.15, -0.1) is 0 Å². The zero-order valence-corrected chi connectivity index (χ0v) is 17.3. The van der Waals surface area contributed by atoms with Crippen LogP contribution in [0.1, 0.15) is 78.6 Å². The lowest BCUT2D eigenvalue weighted by Gasteiger charge is -2.36. The van der Waals surface area contributed by atoms with Crippen LogP contribution in [0.15, 0.2) is 24.3 Å². The number of esters is 1. The number of piperidine rings is 1. The van der Waals surface area contributed by atoms with Crippen molar-refractivity contribution in [3.8, 4) is 0 Å². The monoisotopic (exact) mass is 378 g/mol. The summed E-state index contributed by atoms with van der Waals surface area (Å²) in [6.45, 7) is 5.77. The average Bonchev–Trinajstić information content (AvgIpc) is 2.61. The van der Waals surface area contributed by atoms with Crippen molar-refractivity contribution in [1.29, 1.82) is 0 Å². The van der Waals surface area contributed by atoms with E-state index in [4.69, 9.17) is 4.74 Å². The number of hydrogen-bond acceptors (Lipinski definition) is 4. The van der Waals surface area contributed by atoms with Gasteiger partial charge in [-0.3, -0.25) is 9.59 Å². The van der Waals surface area contributed by atoms with Crippen molar-refractivity contribution in [3.05, 3.63) is 24.3 Å². The Labute approximate surface area is 165 Å². The lowest BCUT2D eigenvalue weighted by atomic mass is 9.94. The van der Waals surface area contributed by atoms with E-state index in [0.717, 1.165) is 25.7 Å². The van der Waals surface area contributed by atoms with Crippen LogP contribution >= 0.6 is 0 Å². The van der Waals surface area contributed by atoms with Gasteiger partial charge in [0.15, 0.2) is 0 Å². The van der Waals surface area contributed by atoms with Crippen molar-refractivity contribution in [2.45, 2.75) is 96.7 Å². The van der Waals surface area contributed by atoms with Crippen LogP contribution in [0.5, 0.6) is 0 Å². The molecule has 5 nitrogen and oxygen atoms in total. The standard InChI is InChI=1S/C22H38N2O3/c1-4-5-6-7-8-9-10-11-12-13-14-15-20-16-22(27-19(3)26)21(17-23-20)24-18(2)25/h10-13,20-23H,4-9,14-17H2,1-3H3,(H,24,25)/b11-10-,13-12+/t20-,21+,22-/m1/s1. The largest absolute Gasteiger partial charge is 0.460 e. The molecule has 5 heteroatoms. The van der Waals surface area contributed by atoms with Gasteiger partial charge in [-0.25, -0.2) is 0 Å². The highest BCUT2D eigenvalue weighted by Gasteiger charge is 2.32. The van der Waals surface area contributed by atoms with Gasteiger partial charge in [-0.05, 0) is 25.7 Å². The first-order valence-corrected chi connectivity index (χ1v) is 10.5. The van der Waals surface area contributed by atoms with Crippen LogP contribution < -0.4 is 10.6 Å². The summed E-state index contributed by atoms with van der Waals surface area (Å²) in [7, 11) is 0. The normalized spacial score (nSPS) is 23.0. The molecule has 0 saturated carbocycles. The molecule has 0 aromatic rings. The van der Waals surface area contributed by atoms with Crippen LogP contribution in [0.4, 0.5) is 0 Å². The SMILES string of the molecule is CCCCCCC/C=C\C=C\CC[C@@H]1C[C@@H](OC(C)=O)[C@@H](NC(C)=O)CN1. The minimum Gasteiger partial charge on any atom is -0.460 e. The molecule has 1 aliphatic heterocycles. The minimum absolute atomic E-state index is 0.0995. The average molecular weight is 379 g/mol. The Hall–Kier alpha value is -1.62. The fourth-order valence-corrected chi connectivity index (χ4v) is 3.43. The summed E-state index contributed by atoms with van der Waals surface area (Å²) in [6, 6.07) is 0.144. The number of carbonyl (C=O) groups is 2. The molecule has 27 heavy (non-hydrogen) atoms. The third-order valence-electron chi connectivity index (χ3n) is 4.84. The summed E-state index contributed by atoms with van der Waals surface area (Å²) >= 11 is 0. The molecule has 1 saturated heterocycles. The van der Waals surface area contributed by atoms with E-state index in [1.807, 2.05) is 0 Å². The Morgan fingerprint density at radius 2 is 1.78 bits per heavy atom. The van der Waals surface area contributed by atoms with Crippen LogP contribution in [0.2, 0.25) is 0 Å². The molecule has 0 radical (unpaired) electrons. The first-order valence-electron chi connectivity index (χ1n) is 10.5. The molecule has 0 spiro atoms. The fourth-order valence-electron chi connectivity index (χ4n) is 3.43. The van der Waals surface area contributed by atoms with E-state index in [2.05, 4.69) is 41.9 Å². The number of nitrogens with one attached hydrogen (secondary N) is 2. The van der Waals surface area contributed by atoms with Crippen molar-refractivity contribution >= 4 is 11.9 Å². The molecule has 1 rings (SSSR count). The summed E-state index contributed by atoms with van der Waals surface area (Å²) in [4.78, 5) is 22.6. The lowest BCUT2D eigenvalue weighted by molar-refractivity contribution is -0.150. The van der Waals surface area contributed by atoms with E-state index in [0.29, 0.717) is 12.6 Å². The maximum atomic E-state index is 11.3. The van der Waals surface area contributed by atoms with Crippen LogP contribution in [-0.2, 0) is 14.3 Å². The molecule has 0 aromatic carbocycles. The van der Waals surface area contributed by atoms with Crippen LogP contribution in [0, 0.1) is 0 Å². The Morgan fingerprint density at radius 1 is 1.07 bits per heavy atom. The van der Waals surface area contributed by atoms with Crippen molar-refractivity contribution in [2.75, 3.05) is 6.54 Å². The summed E-state index contributed by atoms with van der Waals surface area (Å²) in [6.07, 6.45) is 18.9. The van der Waals surface area contributed by atoms with Gasteiger partial charge in [0, 0.05) is 32.9 Å². The van der Waals surface area contributed by atoms with E-state index in [1.165, 1.54) is 46.0 Å². The summed E-state index contributed by atoms with van der Waals surface area (Å²) < 4.78 is 5.42. The van der Waals surface area contributed by atoms with Gasteiger partial charge in [-0.2, -0.15) is 0 Å². The van der Waals surface area contributed by atoms with Crippen molar-refractivity contribution in [1.82, 2.24) is 10.6 Å². The number of ether oxygens (including phenoxy) is 1. The Kier molecular flexibility index (Phi) is 12.5. The third-order valence-corrected chi connectivity index (χ3v) is 4.84. The summed E-state index contributed by atoms with van der Waals surface area (Å²) in [5.74, 6) is -0.395. The number of rotatable bonds is 12. The smallest absolute Gasteiger partial charge is 0.302 e. The second kappa shape index (κ2) is 14.4. The summed E-state index contributed by atoms with van der Waals surface area (Å²) in [5, 5.41) is 6.32. The van der Waals surface area contributed by atoms with Gasteiger partial charge in [0.2, 0.25) is 5.91 Å². The summed E-state index contributed by atoms with van der Waals surface area (Å²) in [5.41, 5.74) is 0. The molecule has 3 atom stereocenters. The van der Waals surface area contributed by atoms with Gasteiger partial charge >= 0.3 is 5.97 Å². The first kappa shape index (κ1) is 23.4. The maximum absolute atomic E-state index is 11.3. The van der Waals surface area contributed by atoms with Crippen LogP contribution in [0.3, 0.4) is 0 Å². The van der Waals surface area contributed by atoms with Crippen molar-refractivity contribution < 1.29 is 14.3 Å². The first-order chi connectivity index (χ1) is 13.0. The molecule has 0 aromatic heterocycles. The Balaban J connectivity index is 2.24. The van der Waals surface area contributed by atoms with Crippen LogP contribution in [0.25, 0.3) is 0 Å². The highest BCUT2D eigenvalue weighted by Crippen LogP contribution is 2.17. The van der Waals surface area contributed by atoms with Gasteiger partial charge in [0.1, 0.15) is 6.10 Å². The van der Waals surface area contributed by atoms with Gasteiger partial charge in [0.05, 0.1) is 6.04 Å². The van der Waals surface area contributed by atoms with E-state index in [1.54, 1.807) is 0 Å². The molecular formula is C22H38N2O3. The fraction of sp³-hybridized carbons (Fsp3) is 0.727. The van der Waals surface area contributed by atoms with Crippen LogP contribution in [-0.4, -0.2) is 36.6 Å².